The van der Waals surface area contributed by atoms with Crippen LogP contribution in [0, 0.1) is 0 Å². The third kappa shape index (κ3) is 3.61. The quantitative estimate of drug-likeness (QED) is 0.445. The number of hydrogen-bond donors (Lipinski definition) is 2. The Morgan fingerprint density at radius 1 is 1.25 bits per heavy atom. The van der Waals surface area contributed by atoms with Crippen molar-refractivity contribution in [1.29, 1.82) is 0 Å². The monoisotopic (exact) mass is 205 g/mol. The predicted molar refractivity (Wildman–Crippen MR) is 49.2 cm³/mol. The summed E-state index contributed by atoms with van der Waals surface area (Å²) in [6, 6.07) is 8.71. The molecule has 0 unspecified atom stereocenters. The van der Waals surface area contributed by atoms with E-state index in [4.69, 9.17) is 4.55 Å². The molecule has 1 aromatic carbocycles. The van der Waals surface area contributed by atoms with Crippen molar-refractivity contribution >= 4 is 25.8 Å². The molecule has 2 N–H and O–H groups in total. The largest absolute Gasteiger partial charge is 0.339 e. The fraction of sp³-hybridized carbons (Fsp3) is 0. The van der Waals surface area contributed by atoms with Crippen molar-refractivity contribution in [2.45, 2.75) is 0 Å². The van der Waals surface area contributed by atoms with Crippen LogP contribution in [0.2, 0.25) is 0 Å². The molecule has 0 spiro atoms. The molecule has 0 bridgehead atoms. The number of anilines is 1. The summed E-state index contributed by atoms with van der Waals surface area (Å²) in [5.74, 6) is 0. The fourth-order valence-corrected chi connectivity index (χ4v) is 1.55. The third-order valence-electron chi connectivity index (χ3n) is 1.04. The Bertz CT molecular complexity index is 335. The zero-order chi connectivity index (χ0) is 9.03. The number of para-hydroxylation sites is 1. The Hall–Kier alpha value is -0.720. The highest BCUT2D eigenvalue weighted by Crippen LogP contribution is 2.15. The first-order valence-corrected chi connectivity index (χ1v) is 5.82. The van der Waals surface area contributed by atoms with Gasteiger partial charge in [-0.25, -0.2) is 0 Å². The molecule has 0 aromatic heterocycles. The van der Waals surface area contributed by atoms with E-state index in [9.17, 15) is 8.42 Å². The van der Waals surface area contributed by atoms with Gasteiger partial charge in [-0.1, -0.05) is 18.2 Å². The lowest BCUT2D eigenvalue weighted by Gasteiger charge is -2.00. The Labute approximate surface area is 74.3 Å². The standard InChI is InChI=1S/C6H7NO3S2/c8-12(9,10)11-7-6-4-2-1-3-5-6/h1-5,7H,(H,8,9,10). The summed E-state index contributed by atoms with van der Waals surface area (Å²) < 4.78 is 31.3. The number of hydrogen-bond acceptors (Lipinski definition) is 4. The minimum atomic E-state index is -4.02. The molecule has 0 saturated carbocycles. The normalized spacial score (nSPS) is 11.1. The van der Waals surface area contributed by atoms with E-state index < -0.39 is 9.15 Å². The van der Waals surface area contributed by atoms with E-state index in [1.54, 1.807) is 24.3 Å². The first-order valence-electron chi connectivity index (χ1n) is 3.05. The molecule has 66 valence electrons. The predicted octanol–water partition coefficient (Wildman–Crippen LogP) is 1.55. The molecule has 0 amide bonds. The molecule has 4 nitrogen and oxygen atoms in total. The number of nitrogens with one attached hydrogen (secondary N) is 1. The first-order chi connectivity index (χ1) is 5.58. The van der Waals surface area contributed by atoms with Crippen LogP contribution in [-0.4, -0.2) is 13.0 Å². The highest BCUT2D eigenvalue weighted by molar-refractivity contribution is 8.70. The molecule has 0 aliphatic rings. The van der Waals surface area contributed by atoms with Gasteiger partial charge >= 0.3 is 9.15 Å². The fourth-order valence-electron chi connectivity index (χ4n) is 0.607. The third-order valence-corrected chi connectivity index (χ3v) is 2.45. The van der Waals surface area contributed by atoms with Crippen LogP contribution in [0.15, 0.2) is 30.3 Å². The van der Waals surface area contributed by atoms with E-state index >= 15 is 0 Å². The summed E-state index contributed by atoms with van der Waals surface area (Å²) in [5.41, 5.74) is 0.625. The van der Waals surface area contributed by atoms with Crippen molar-refractivity contribution in [2.75, 3.05) is 4.72 Å². The molecular formula is C6H7NO3S2. The molecule has 0 radical (unpaired) electrons. The van der Waals surface area contributed by atoms with Crippen LogP contribution in [0.1, 0.15) is 0 Å². The summed E-state index contributed by atoms with van der Waals surface area (Å²) in [7, 11) is -3.75. The highest BCUT2D eigenvalue weighted by atomic mass is 33.2. The summed E-state index contributed by atoms with van der Waals surface area (Å²) in [4.78, 5) is 0. The van der Waals surface area contributed by atoms with Gasteiger partial charge in [0.25, 0.3) is 0 Å². The highest BCUT2D eigenvalue weighted by Gasteiger charge is 2.03. The summed E-state index contributed by atoms with van der Waals surface area (Å²) in [5, 5.41) is 0. The van der Waals surface area contributed by atoms with Crippen molar-refractivity contribution in [3.8, 4) is 0 Å². The summed E-state index contributed by atoms with van der Waals surface area (Å²) >= 11 is 0. The van der Waals surface area contributed by atoms with Crippen LogP contribution < -0.4 is 4.72 Å². The molecule has 1 rings (SSSR count). The van der Waals surface area contributed by atoms with Gasteiger partial charge in [0, 0.05) is 5.69 Å². The molecule has 0 aliphatic heterocycles. The van der Waals surface area contributed by atoms with Crippen molar-refractivity contribution < 1.29 is 13.0 Å². The van der Waals surface area contributed by atoms with E-state index in [0.717, 1.165) is 0 Å². The van der Waals surface area contributed by atoms with Crippen LogP contribution in [-0.2, 0) is 9.15 Å². The van der Waals surface area contributed by atoms with Crippen LogP contribution in [0.4, 0.5) is 5.69 Å². The maximum absolute atomic E-state index is 10.3. The molecule has 0 saturated heterocycles. The zero-order valence-corrected chi connectivity index (χ0v) is 7.60. The second-order valence-corrected chi connectivity index (χ2v) is 4.97. The second kappa shape index (κ2) is 3.79. The van der Waals surface area contributed by atoms with E-state index in [-0.39, 0.29) is 11.0 Å². The van der Waals surface area contributed by atoms with Gasteiger partial charge in [0.05, 0.1) is 0 Å². The average molecular weight is 205 g/mol. The maximum Gasteiger partial charge on any atom is 0.339 e. The lowest BCUT2D eigenvalue weighted by Crippen LogP contribution is -1.95. The lowest BCUT2D eigenvalue weighted by atomic mass is 10.3. The van der Waals surface area contributed by atoms with Gasteiger partial charge in [-0.05, 0) is 12.1 Å². The van der Waals surface area contributed by atoms with Gasteiger partial charge < -0.3 is 4.72 Å². The molecule has 0 fully saturated rings. The van der Waals surface area contributed by atoms with Crippen molar-refractivity contribution in [2.24, 2.45) is 0 Å². The van der Waals surface area contributed by atoms with Gasteiger partial charge in [0.1, 0.15) is 11.0 Å². The molecule has 12 heavy (non-hydrogen) atoms. The Morgan fingerprint density at radius 2 is 1.83 bits per heavy atom. The van der Waals surface area contributed by atoms with E-state index in [2.05, 4.69) is 4.72 Å². The molecule has 0 atom stereocenters. The lowest BCUT2D eigenvalue weighted by molar-refractivity contribution is 0.503. The maximum atomic E-state index is 10.3. The SMILES string of the molecule is O=S(=O)(O)SNc1ccccc1. The van der Waals surface area contributed by atoms with E-state index in [1.165, 1.54) is 0 Å². The minimum absolute atomic E-state index is 0.264. The zero-order valence-electron chi connectivity index (χ0n) is 5.97. The van der Waals surface area contributed by atoms with Crippen molar-refractivity contribution in [1.82, 2.24) is 0 Å². The minimum Gasteiger partial charge on any atom is -0.315 e. The Morgan fingerprint density at radius 3 is 2.33 bits per heavy atom. The second-order valence-electron chi connectivity index (χ2n) is 1.98. The molecular weight excluding hydrogens is 198 g/mol. The summed E-state index contributed by atoms with van der Waals surface area (Å²) in [6.07, 6.45) is 0. The van der Waals surface area contributed by atoms with Gasteiger partial charge in [-0.3, -0.25) is 4.55 Å². The average Bonchev–Trinajstić information content (AvgIpc) is 2.02. The van der Waals surface area contributed by atoms with Crippen molar-refractivity contribution in [3.05, 3.63) is 30.3 Å². The van der Waals surface area contributed by atoms with Crippen LogP contribution in [0.25, 0.3) is 0 Å². The molecule has 0 heterocycles. The first kappa shape index (κ1) is 9.37. The van der Waals surface area contributed by atoms with Gasteiger partial charge in [0.15, 0.2) is 0 Å². The van der Waals surface area contributed by atoms with Crippen LogP contribution >= 0.6 is 11.0 Å². The van der Waals surface area contributed by atoms with E-state index in [0.29, 0.717) is 5.69 Å². The molecule has 6 heteroatoms. The van der Waals surface area contributed by atoms with Crippen LogP contribution in [0.3, 0.4) is 0 Å². The molecule has 0 aliphatic carbocycles. The van der Waals surface area contributed by atoms with E-state index in [1.807, 2.05) is 6.07 Å². The Kier molecular flexibility index (Phi) is 2.96. The smallest absolute Gasteiger partial charge is 0.315 e. The summed E-state index contributed by atoms with van der Waals surface area (Å²) in [6.45, 7) is 0. The van der Waals surface area contributed by atoms with Crippen LogP contribution in [0.5, 0.6) is 0 Å². The molecule has 1 aromatic rings. The number of benzene rings is 1. The Balaban J connectivity index is 2.56. The van der Waals surface area contributed by atoms with Crippen molar-refractivity contribution in [3.63, 3.8) is 0 Å². The number of rotatable bonds is 3. The topological polar surface area (TPSA) is 66.4 Å². The van der Waals surface area contributed by atoms with Gasteiger partial charge in [-0.2, -0.15) is 8.42 Å². The van der Waals surface area contributed by atoms with Gasteiger partial charge in [-0.15, -0.1) is 0 Å². The van der Waals surface area contributed by atoms with Gasteiger partial charge in [0.2, 0.25) is 0 Å².